The molecule has 1 fully saturated rings. The number of ether oxygens (including phenoxy) is 1. The topological polar surface area (TPSA) is 21.3 Å². The highest BCUT2D eigenvalue weighted by atomic mass is 79.9. The lowest BCUT2D eigenvalue weighted by Gasteiger charge is -2.26. The Bertz CT molecular complexity index is 411. The van der Waals surface area contributed by atoms with E-state index in [0.717, 1.165) is 23.3 Å². The maximum Gasteiger partial charge on any atom is 0.133 e. The van der Waals surface area contributed by atoms with Crippen LogP contribution in [0.15, 0.2) is 16.6 Å². The van der Waals surface area contributed by atoms with Gasteiger partial charge in [-0.3, -0.25) is 0 Å². The first-order valence-electron chi connectivity index (χ1n) is 6.71. The molecule has 0 bridgehead atoms. The van der Waals surface area contributed by atoms with Gasteiger partial charge in [-0.1, -0.05) is 19.9 Å². The van der Waals surface area contributed by atoms with E-state index in [4.69, 9.17) is 4.74 Å². The molecule has 1 aromatic rings. The molecule has 100 valence electrons. The zero-order valence-electron chi connectivity index (χ0n) is 11.4. The third-order valence-electron chi connectivity index (χ3n) is 3.71. The van der Waals surface area contributed by atoms with Gasteiger partial charge in [-0.15, -0.1) is 0 Å². The maximum absolute atomic E-state index is 5.50. The zero-order chi connectivity index (χ0) is 13.1. The zero-order valence-corrected chi connectivity index (χ0v) is 13.0. The summed E-state index contributed by atoms with van der Waals surface area (Å²) in [6.07, 6.45) is 2.52. The van der Waals surface area contributed by atoms with Gasteiger partial charge in [-0.05, 0) is 64.3 Å². The lowest BCUT2D eigenvalue weighted by atomic mass is 9.88. The highest BCUT2D eigenvalue weighted by Crippen LogP contribution is 2.38. The molecule has 18 heavy (non-hydrogen) atoms. The monoisotopic (exact) mass is 311 g/mol. The average Bonchev–Trinajstić information content (AvgIpc) is 2.39. The first kappa shape index (κ1) is 13.9. The second-order valence-corrected chi connectivity index (χ2v) is 6.12. The molecular weight excluding hydrogens is 290 g/mol. The Labute approximate surface area is 118 Å². The number of nitrogens with one attached hydrogen (secondary N) is 1. The van der Waals surface area contributed by atoms with Gasteiger partial charge in [0.05, 0.1) is 11.6 Å². The molecule has 1 unspecified atom stereocenters. The fourth-order valence-electron chi connectivity index (χ4n) is 2.54. The van der Waals surface area contributed by atoms with E-state index in [1.807, 2.05) is 0 Å². The quantitative estimate of drug-likeness (QED) is 0.909. The molecule has 2 nitrogen and oxygen atoms in total. The Kier molecular flexibility index (Phi) is 4.68. The minimum atomic E-state index is 0.530. The van der Waals surface area contributed by atoms with E-state index < -0.39 is 0 Å². The van der Waals surface area contributed by atoms with Crippen molar-refractivity contribution in [2.24, 2.45) is 0 Å². The summed E-state index contributed by atoms with van der Waals surface area (Å²) in [6.45, 7) is 6.68. The summed E-state index contributed by atoms with van der Waals surface area (Å²) >= 11 is 3.71. The largest absolute Gasteiger partial charge is 0.496 e. The van der Waals surface area contributed by atoms with Gasteiger partial charge in [-0.25, -0.2) is 0 Å². The molecule has 1 saturated heterocycles. The number of halogens is 1. The highest BCUT2D eigenvalue weighted by Gasteiger charge is 2.21. The van der Waals surface area contributed by atoms with E-state index in [2.05, 4.69) is 47.2 Å². The highest BCUT2D eigenvalue weighted by molar-refractivity contribution is 9.10. The van der Waals surface area contributed by atoms with Crippen LogP contribution in [0.25, 0.3) is 0 Å². The van der Waals surface area contributed by atoms with Crippen molar-refractivity contribution >= 4 is 15.9 Å². The van der Waals surface area contributed by atoms with Crippen molar-refractivity contribution in [1.29, 1.82) is 0 Å². The lowest BCUT2D eigenvalue weighted by molar-refractivity contribution is 0.407. The molecule has 1 heterocycles. The van der Waals surface area contributed by atoms with E-state index in [-0.39, 0.29) is 0 Å². The molecule has 0 spiro atoms. The third-order valence-corrected chi connectivity index (χ3v) is 4.56. The van der Waals surface area contributed by atoms with Crippen molar-refractivity contribution in [3.8, 4) is 5.75 Å². The normalized spacial score (nSPS) is 20.2. The standard InChI is InChI=1S/C15H22BrNO/c1-10(2)12-7-13(11-5-4-6-17-9-11)15(16)14(8-12)18-3/h7-8,10-11,17H,4-6,9H2,1-3H3. The first-order valence-corrected chi connectivity index (χ1v) is 7.50. The van der Waals surface area contributed by atoms with Crippen molar-refractivity contribution in [3.05, 3.63) is 27.7 Å². The molecule has 2 rings (SSSR count). The van der Waals surface area contributed by atoms with Crippen LogP contribution < -0.4 is 10.1 Å². The van der Waals surface area contributed by atoms with Crippen LogP contribution in [0.2, 0.25) is 0 Å². The summed E-state index contributed by atoms with van der Waals surface area (Å²) in [4.78, 5) is 0. The summed E-state index contributed by atoms with van der Waals surface area (Å²) < 4.78 is 6.63. The summed E-state index contributed by atoms with van der Waals surface area (Å²) in [6, 6.07) is 4.49. The van der Waals surface area contributed by atoms with Gasteiger partial charge in [0.15, 0.2) is 0 Å². The van der Waals surface area contributed by atoms with Crippen LogP contribution in [0.4, 0.5) is 0 Å². The number of hydrogen-bond acceptors (Lipinski definition) is 2. The molecular formula is C15H22BrNO. The van der Waals surface area contributed by atoms with Gasteiger partial charge in [0.2, 0.25) is 0 Å². The van der Waals surface area contributed by atoms with Gasteiger partial charge in [0, 0.05) is 6.54 Å². The van der Waals surface area contributed by atoms with Crippen molar-refractivity contribution in [2.45, 2.75) is 38.5 Å². The molecule has 1 atom stereocenters. The predicted molar refractivity (Wildman–Crippen MR) is 79.6 cm³/mol. The Morgan fingerprint density at radius 3 is 2.72 bits per heavy atom. The van der Waals surface area contributed by atoms with Gasteiger partial charge in [0.25, 0.3) is 0 Å². The van der Waals surface area contributed by atoms with E-state index in [0.29, 0.717) is 11.8 Å². The number of benzene rings is 1. The minimum absolute atomic E-state index is 0.530. The van der Waals surface area contributed by atoms with Crippen molar-refractivity contribution < 1.29 is 4.74 Å². The summed E-state index contributed by atoms with van der Waals surface area (Å²) in [7, 11) is 1.74. The molecule has 0 aliphatic carbocycles. The smallest absolute Gasteiger partial charge is 0.133 e. The molecule has 0 saturated carbocycles. The second-order valence-electron chi connectivity index (χ2n) is 5.32. The Morgan fingerprint density at radius 1 is 1.39 bits per heavy atom. The van der Waals surface area contributed by atoms with Crippen LogP contribution >= 0.6 is 15.9 Å². The Hall–Kier alpha value is -0.540. The minimum Gasteiger partial charge on any atom is -0.496 e. The van der Waals surface area contributed by atoms with Crippen LogP contribution in [-0.4, -0.2) is 20.2 Å². The van der Waals surface area contributed by atoms with Gasteiger partial charge in [-0.2, -0.15) is 0 Å². The maximum atomic E-state index is 5.50. The van der Waals surface area contributed by atoms with Gasteiger partial charge in [0.1, 0.15) is 5.75 Å². The van der Waals surface area contributed by atoms with E-state index in [9.17, 15) is 0 Å². The van der Waals surface area contributed by atoms with Crippen molar-refractivity contribution in [2.75, 3.05) is 20.2 Å². The Morgan fingerprint density at radius 2 is 2.17 bits per heavy atom. The molecule has 1 aromatic carbocycles. The van der Waals surface area contributed by atoms with Crippen LogP contribution in [-0.2, 0) is 0 Å². The van der Waals surface area contributed by atoms with E-state index in [1.54, 1.807) is 7.11 Å². The van der Waals surface area contributed by atoms with Gasteiger partial charge >= 0.3 is 0 Å². The second kappa shape index (κ2) is 6.07. The predicted octanol–water partition coefficient (Wildman–Crippen LogP) is 4.05. The fourth-order valence-corrected chi connectivity index (χ4v) is 3.25. The molecule has 3 heteroatoms. The molecule has 1 aliphatic heterocycles. The lowest BCUT2D eigenvalue weighted by Crippen LogP contribution is -2.28. The van der Waals surface area contributed by atoms with E-state index >= 15 is 0 Å². The van der Waals surface area contributed by atoms with Crippen LogP contribution in [0.1, 0.15) is 49.7 Å². The summed E-state index contributed by atoms with van der Waals surface area (Å²) in [5.74, 6) is 2.09. The number of rotatable bonds is 3. The molecule has 0 aromatic heterocycles. The molecule has 1 N–H and O–H groups in total. The molecule has 1 aliphatic rings. The fraction of sp³-hybridized carbons (Fsp3) is 0.600. The summed E-state index contributed by atoms with van der Waals surface area (Å²) in [5.41, 5.74) is 2.75. The number of hydrogen-bond donors (Lipinski definition) is 1. The SMILES string of the molecule is COc1cc(C(C)C)cc(C2CCCNC2)c1Br. The van der Waals surface area contributed by atoms with Crippen molar-refractivity contribution in [3.63, 3.8) is 0 Å². The first-order chi connectivity index (χ1) is 8.63. The van der Waals surface area contributed by atoms with Gasteiger partial charge < -0.3 is 10.1 Å². The third kappa shape index (κ3) is 2.89. The molecule has 0 amide bonds. The summed E-state index contributed by atoms with van der Waals surface area (Å²) in [5, 5.41) is 3.49. The van der Waals surface area contributed by atoms with E-state index in [1.165, 1.54) is 24.0 Å². The molecule has 0 radical (unpaired) electrons. The van der Waals surface area contributed by atoms with Crippen LogP contribution in [0, 0.1) is 0 Å². The number of piperidine rings is 1. The van der Waals surface area contributed by atoms with Crippen molar-refractivity contribution in [1.82, 2.24) is 5.32 Å². The Balaban J connectivity index is 2.40. The number of methoxy groups -OCH3 is 1. The van der Waals surface area contributed by atoms with Crippen LogP contribution in [0.3, 0.4) is 0 Å². The van der Waals surface area contributed by atoms with Crippen LogP contribution in [0.5, 0.6) is 5.75 Å². The average molecular weight is 312 g/mol.